The fourth-order valence-corrected chi connectivity index (χ4v) is 4.75. The lowest BCUT2D eigenvalue weighted by atomic mass is 10.1. The van der Waals surface area contributed by atoms with Gasteiger partial charge in [0.2, 0.25) is 0 Å². The van der Waals surface area contributed by atoms with Gasteiger partial charge >= 0.3 is 0 Å². The van der Waals surface area contributed by atoms with Crippen molar-refractivity contribution in [1.29, 1.82) is 0 Å². The Balaban J connectivity index is 1.11. The normalized spacial score (nSPS) is 14.5. The maximum atomic E-state index is 13.0. The number of nitrogens with zero attached hydrogens (tertiary/aromatic N) is 4. The molecule has 0 atom stereocenters. The van der Waals surface area contributed by atoms with Gasteiger partial charge < -0.3 is 18.6 Å². The SMILES string of the molecule is Cc1noc(C)c1COc1ccc(C(=O)N2CCN(Cc3csc(-c4ccco4)n3)CC2)cc1. The second kappa shape index (κ2) is 9.82. The monoisotopic (exact) mass is 478 g/mol. The van der Waals surface area contributed by atoms with Crippen LogP contribution in [-0.4, -0.2) is 52.0 Å². The molecule has 9 heteroatoms. The summed E-state index contributed by atoms with van der Waals surface area (Å²) in [7, 11) is 0. The van der Waals surface area contributed by atoms with Crippen LogP contribution in [0.2, 0.25) is 0 Å². The van der Waals surface area contributed by atoms with Crippen molar-refractivity contribution < 1.29 is 18.5 Å². The summed E-state index contributed by atoms with van der Waals surface area (Å²) in [6.45, 7) is 7.95. The molecule has 0 saturated carbocycles. The van der Waals surface area contributed by atoms with Crippen LogP contribution in [0.3, 0.4) is 0 Å². The van der Waals surface area contributed by atoms with E-state index in [2.05, 4.69) is 20.4 Å². The first-order valence-corrected chi connectivity index (χ1v) is 12.1. The first kappa shape index (κ1) is 22.4. The maximum Gasteiger partial charge on any atom is 0.253 e. The smallest absolute Gasteiger partial charge is 0.253 e. The number of aryl methyl sites for hydroxylation is 2. The van der Waals surface area contributed by atoms with E-state index in [1.54, 1.807) is 17.6 Å². The highest BCUT2D eigenvalue weighted by Crippen LogP contribution is 2.25. The summed E-state index contributed by atoms with van der Waals surface area (Å²) < 4.78 is 16.4. The topological polar surface area (TPSA) is 84.8 Å². The van der Waals surface area contributed by atoms with Crippen molar-refractivity contribution in [3.63, 3.8) is 0 Å². The number of thiazole rings is 1. The molecule has 5 rings (SSSR count). The van der Waals surface area contributed by atoms with Gasteiger partial charge in [-0.2, -0.15) is 0 Å². The highest BCUT2D eigenvalue weighted by atomic mass is 32.1. The van der Waals surface area contributed by atoms with E-state index in [-0.39, 0.29) is 5.91 Å². The average molecular weight is 479 g/mol. The van der Waals surface area contributed by atoms with E-state index in [0.29, 0.717) is 31.0 Å². The molecule has 0 radical (unpaired) electrons. The van der Waals surface area contributed by atoms with Gasteiger partial charge in [0.05, 0.1) is 23.2 Å². The van der Waals surface area contributed by atoms with E-state index in [9.17, 15) is 4.79 Å². The summed E-state index contributed by atoms with van der Waals surface area (Å²) in [6, 6.07) is 11.1. The van der Waals surface area contributed by atoms with Gasteiger partial charge in [0.15, 0.2) is 10.8 Å². The highest BCUT2D eigenvalue weighted by molar-refractivity contribution is 7.13. The van der Waals surface area contributed by atoms with Crippen molar-refractivity contribution in [2.75, 3.05) is 26.2 Å². The highest BCUT2D eigenvalue weighted by Gasteiger charge is 2.23. The van der Waals surface area contributed by atoms with Crippen molar-refractivity contribution in [2.45, 2.75) is 27.0 Å². The number of hydrogen-bond donors (Lipinski definition) is 0. The molecule has 1 saturated heterocycles. The third-order valence-corrected chi connectivity index (χ3v) is 6.90. The van der Waals surface area contributed by atoms with Gasteiger partial charge in [-0.1, -0.05) is 5.16 Å². The minimum absolute atomic E-state index is 0.0469. The van der Waals surface area contributed by atoms with Crippen LogP contribution in [0.4, 0.5) is 0 Å². The van der Waals surface area contributed by atoms with Crippen LogP contribution >= 0.6 is 11.3 Å². The Hall–Kier alpha value is -3.43. The minimum atomic E-state index is 0.0469. The Morgan fingerprint density at radius 2 is 1.91 bits per heavy atom. The third kappa shape index (κ3) is 4.90. The molecule has 1 aliphatic heterocycles. The fraction of sp³-hybridized carbons (Fsp3) is 0.320. The zero-order chi connectivity index (χ0) is 23.5. The Morgan fingerprint density at radius 3 is 2.59 bits per heavy atom. The van der Waals surface area contributed by atoms with Gasteiger partial charge in [0.1, 0.15) is 18.1 Å². The summed E-state index contributed by atoms with van der Waals surface area (Å²) in [4.78, 5) is 21.9. The Morgan fingerprint density at radius 1 is 1.12 bits per heavy atom. The van der Waals surface area contributed by atoms with Crippen molar-refractivity contribution in [3.8, 4) is 16.5 Å². The molecule has 0 spiro atoms. The number of ether oxygens (including phenoxy) is 1. The van der Waals surface area contributed by atoms with Crippen LogP contribution in [0, 0.1) is 13.8 Å². The summed E-state index contributed by atoms with van der Waals surface area (Å²) in [6.07, 6.45) is 1.66. The maximum absolute atomic E-state index is 13.0. The molecule has 1 fully saturated rings. The largest absolute Gasteiger partial charge is 0.489 e. The van der Waals surface area contributed by atoms with Gasteiger partial charge in [-0.05, 0) is 50.2 Å². The van der Waals surface area contributed by atoms with Crippen molar-refractivity contribution in [1.82, 2.24) is 19.9 Å². The molecule has 0 N–H and O–H groups in total. The number of benzene rings is 1. The number of hydrogen-bond acceptors (Lipinski definition) is 8. The summed E-state index contributed by atoms with van der Waals surface area (Å²) in [5.74, 6) is 2.31. The van der Waals surface area contributed by atoms with Gasteiger partial charge in [-0.3, -0.25) is 9.69 Å². The molecule has 3 aromatic heterocycles. The van der Waals surface area contributed by atoms with Crippen LogP contribution < -0.4 is 4.74 Å². The molecule has 4 heterocycles. The first-order chi connectivity index (χ1) is 16.6. The second-order valence-corrected chi connectivity index (χ2v) is 9.16. The van der Waals surface area contributed by atoms with Crippen molar-refractivity contribution in [2.24, 2.45) is 0 Å². The quantitative estimate of drug-likeness (QED) is 0.385. The van der Waals surface area contributed by atoms with Gasteiger partial charge in [-0.25, -0.2) is 4.98 Å². The van der Waals surface area contributed by atoms with Crippen LogP contribution in [0.15, 0.2) is 57.0 Å². The molecular weight excluding hydrogens is 452 g/mol. The lowest BCUT2D eigenvalue weighted by Crippen LogP contribution is -2.48. The average Bonchev–Trinajstić information content (AvgIpc) is 3.61. The molecule has 0 aliphatic carbocycles. The van der Waals surface area contributed by atoms with Crippen molar-refractivity contribution >= 4 is 17.2 Å². The fourth-order valence-electron chi connectivity index (χ4n) is 3.97. The van der Waals surface area contributed by atoms with E-state index >= 15 is 0 Å². The Bertz CT molecular complexity index is 1220. The van der Waals surface area contributed by atoms with Crippen LogP contribution in [-0.2, 0) is 13.2 Å². The van der Waals surface area contributed by atoms with E-state index in [1.807, 2.05) is 55.1 Å². The minimum Gasteiger partial charge on any atom is -0.489 e. The predicted octanol–water partition coefficient (Wildman–Crippen LogP) is 4.54. The zero-order valence-electron chi connectivity index (χ0n) is 19.2. The first-order valence-electron chi connectivity index (χ1n) is 11.2. The molecule has 34 heavy (non-hydrogen) atoms. The lowest BCUT2D eigenvalue weighted by Gasteiger charge is -2.34. The third-order valence-electron chi connectivity index (χ3n) is 5.99. The number of furan rings is 1. The summed E-state index contributed by atoms with van der Waals surface area (Å²) >= 11 is 1.59. The second-order valence-electron chi connectivity index (χ2n) is 8.31. The molecule has 0 bridgehead atoms. The predicted molar refractivity (Wildman–Crippen MR) is 128 cm³/mol. The number of carbonyl (C=O) groups excluding carboxylic acids is 1. The van der Waals surface area contributed by atoms with Gasteiger partial charge in [0, 0.05) is 43.7 Å². The molecule has 8 nitrogen and oxygen atoms in total. The summed E-state index contributed by atoms with van der Waals surface area (Å²) in [5, 5.41) is 6.91. The molecule has 0 unspecified atom stereocenters. The molecule has 4 aromatic rings. The zero-order valence-corrected chi connectivity index (χ0v) is 20.0. The van der Waals surface area contributed by atoms with Crippen molar-refractivity contribution in [3.05, 3.63) is 76.3 Å². The number of rotatable bonds is 7. The number of aromatic nitrogens is 2. The standard InChI is InChI=1S/C25H26N4O4S/c1-17-22(18(2)33-27-17)15-32-21-7-5-19(6-8-21)25(30)29-11-9-28(10-12-29)14-20-16-34-24(26-20)23-4-3-13-31-23/h3-8,13,16H,9-12,14-15H2,1-2H3. The molecule has 1 aromatic carbocycles. The molecule has 1 amide bonds. The molecule has 176 valence electrons. The van der Waals surface area contributed by atoms with Crippen LogP contribution in [0.1, 0.15) is 33.1 Å². The molecular formula is C25H26N4O4S. The van der Waals surface area contributed by atoms with Crippen LogP contribution in [0.5, 0.6) is 5.75 Å². The van der Waals surface area contributed by atoms with E-state index in [0.717, 1.165) is 53.1 Å². The van der Waals surface area contributed by atoms with Crippen LogP contribution in [0.25, 0.3) is 10.8 Å². The van der Waals surface area contributed by atoms with Gasteiger partial charge in [-0.15, -0.1) is 11.3 Å². The van der Waals surface area contributed by atoms with E-state index < -0.39 is 0 Å². The van der Waals surface area contributed by atoms with E-state index in [4.69, 9.17) is 13.7 Å². The number of amides is 1. The Labute approximate surface area is 201 Å². The van der Waals surface area contributed by atoms with E-state index in [1.165, 1.54) is 0 Å². The number of carbonyl (C=O) groups is 1. The summed E-state index contributed by atoms with van der Waals surface area (Å²) in [5.41, 5.74) is 3.48. The Kier molecular flexibility index (Phi) is 6.46. The van der Waals surface area contributed by atoms with Gasteiger partial charge in [0.25, 0.3) is 5.91 Å². The molecule has 1 aliphatic rings. The lowest BCUT2D eigenvalue weighted by molar-refractivity contribution is 0.0627. The number of piperazine rings is 1.